The van der Waals surface area contributed by atoms with Crippen LogP contribution in [0.4, 0.5) is 5.00 Å². The number of amides is 2. The van der Waals surface area contributed by atoms with Gasteiger partial charge in [-0.05, 0) is 49.8 Å². The van der Waals surface area contributed by atoms with Crippen LogP contribution in [0.3, 0.4) is 0 Å². The molecule has 0 saturated carbocycles. The number of hydrogen-bond acceptors (Lipinski definition) is 4. The zero-order valence-corrected chi connectivity index (χ0v) is 16.8. The molecule has 0 bridgehead atoms. The maximum Gasteiger partial charge on any atom is 0.251 e. The van der Waals surface area contributed by atoms with Crippen molar-refractivity contribution in [2.75, 3.05) is 11.1 Å². The van der Waals surface area contributed by atoms with E-state index in [0.717, 1.165) is 29.7 Å². The molecule has 2 amide bonds. The molecule has 4 nitrogen and oxygen atoms in total. The van der Waals surface area contributed by atoms with Gasteiger partial charge in [0, 0.05) is 21.9 Å². The van der Waals surface area contributed by atoms with E-state index in [9.17, 15) is 9.59 Å². The molecule has 1 aliphatic rings. The summed E-state index contributed by atoms with van der Waals surface area (Å²) in [6, 6.07) is 8.27. The van der Waals surface area contributed by atoms with Crippen LogP contribution in [-0.2, 0) is 17.6 Å². The molecule has 0 fully saturated rings. The Kier molecular flexibility index (Phi) is 6.04. The van der Waals surface area contributed by atoms with Crippen molar-refractivity contribution in [3.8, 4) is 0 Å². The standard InChI is InChI=1S/C20H24N2O2S2/c1-12-3-6-14(7-4-12)25-10-9-17(23)22-20-18(19(21)24)15-8-5-13(2)11-16(15)26-20/h3-4,6-7,13H,5,8-11H2,1-2H3,(H2,21,24)(H,22,23)/t13-/m0/s1. The number of nitrogens with two attached hydrogens (primary N) is 1. The molecule has 0 spiro atoms. The van der Waals surface area contributed by atoms with Crippen LogP contribution in [0.25, 0.3) is 0 Å². The van der Waals surface area contributed by atoms with Crippen LogP contribution >= 0.6 is 23.1 Å². The highest BCUT2D eigenvalue weighted by atomic mass is 32.2. The molecule has 3 N–H and O–H groups in total. The van der Waals surface area contributed by atoms with E-state index in [4.69, 9.17) is 5.73 Å². The summed E-state index contributed by atoms with van der Waals surface area (Å²) >= 11 is 3.17. The Labute approximate surface area is 162 Å². The van der Waals surface area contributed by atoms with Crippen LogP contribution in [0, 0.1) is 12.8 Å². The second kappa shape index (κ2) is 8.27. The average molecular weight is 389 g/mol. The molecule has 0 saturated heterocycles. The molecule has 138 valence electrons. The largest absolute Gasteiger partial charge is 0.365 e. The van der Waals surface area contributed by atoms with Crippen LogP contribution in [0.1, 0.15) is 46.1 Å². The molecular weight excluding hydrogens is 364 g/mol. The Balaban J connectivity index is 1.62. The van der Waals surface area contributed by atoms with Crippen LogP contribution in [0.15, 0.2) is 29.2 Å². The van der Waals surface area contributed by atoms with Crippen molar-refractivity contribution in [3.63, 3.8) is 0 Å². The van der Waals surface area contributed by atoms with Gasteiger partial charge in [-0.15, -0.1) is 23.1 Å². The van der Waals surface area contributed by atoms with Crippen molar-refractivity contribution < 1.29 is 9.59 Å². The van der Waals surface area contributed by atoms with Crippen LogP contribution in [-0.4, -0.2) is 17.6 Å². The normalized spacial score (nSPS) is 16.2. The van der Waals surface area contributed by atoms with Crippen molar-refractivity contribution in [1.82, 2.24) is 0 Å². The van der Waals surface area contributed by atoms with Gasteiger partial charge in [-0.2, -0.15) is 0 Å². The number of anilines is 1. The van der Waals surface area contributed by atoms with E-state index >= 15 is 0 Å². The first kappa shape index (κ1) is 19.0. The molecule has 0 unspecified atom stereocenters. The summed E-state index contributed by atoms with van der Waals surface area (Å²) in [7, 11) is 0. The van der Waals surface area contributed by atoms with Crippen LogP contribution in [0.2, 0.25) is 0 Å². The molecule has 6 heteroatoms. The van der Waals surface area contributed by atoms with Gasteiger partial charge in [-0.25, -0.2) is 0 Å². The van der Waals surface area contributed by atoms with E-state index in [0.29, 0.717) is 28.7 Å². The maximum atomic E-state index is 12.3. The lowest BCUT2D eigenvalue weighted by atomic mass is 9.88. The summed E-state index contributed by atoms with van der Waals surface area (Å²) in [6.07, 6.45) is 3.28. The molecular formula is C20H24N2O2S2. The number of thioether (sulfide) groups is 1. The van der Waals surface area contributed by atoms with Gasteiger partial charge in [-0.1, -0.05) is 24.6 Å². The lowest BCUT2D eigenvalue weighted by Gasteiger charge is -2.18. The van der Waals surface area contributed by atoms with E-state index in [2.05, 4.69) is 43.4 Å². The zero-order chi connectivity index (χ0) is 18.7. The lowest BCUT2D eigenvalue weighted by Crippen LogP contribution is -2.19. The minimum atomic E-state index is -0.443. The van der Waals surface area contributed by atoms with Gasteiger partial charge in [-0.3, -0.25) is 9.59 Å². The summed E-state index contributed by atoms with van der Waals surface area (Å²) < 4.78 is 0. The fraction of sp³-hybridized carbons (Fsp3) is 0.400. The summed E-state index contributed by atoms with van der Waals surface area (Å²) in [4.78, 5) is 26.6. The quantitative estimate of drug-likeness (QED) is 0.721. The van der Waals surface area contributed by atoms with Gasteiger partial charge >= 0.3 is 0 Å². The molecule has 1 atom stereocenters. The topological polar surface area (TPSA) is 72.2 Å². The predicted molar refractivity (Wildman–Crippen MR) is 109 cm³/mol. The fourth-order valence-electron chi connectivity index (χ4n) is 3.18. The number of benzene rings is 1. The van der Waals surface area contributed by atoms with Gasteiger partial charge in [0.2, 0.25) is 5.91 Å². The molecule has 26 heavy (non-hydrogen) atoms. The van der Waals surface area contributed by atoms with Crippen molar-refractivity contribution in [1.29, 1.82) is 0 Å². The Morgan fingerprint density at radius 1 is 1.31 bits per heavy atom. The first-order chi connectivity index (χ1) is 12.4. The monoisotopic (exact) mass is 388 g/mol. The van der Waals surface area contributed by atoms with Crippen LogP contribution in [0.5, 0.6) is 0 Å². The number of rotatable bonds is 6. The number of hydrogen-bond donors (Lipinski definition) is 2. The molecule has 3 rings (SSSR count). The van der Waals surface area contributed by atoms with E-state index in [1.54, 1.807) is 11.8 Å². The molecule has 0 aliphatic heterocycles. The van der Waals surface area contributed by atoms with Gasteiger partial charge < -0.3 is 11.1 Å². The van der Waals surface area contributed by atoms with E-state index in [-0.39, 0.29) is 5.91 Å². The molecule has 2 aromatic rings. The smallest absolute Gasteiger partial charge is 0.251 e. The average Bonchev–Trinajstić information content (AvgIpc) is 2.93. The highest BCUT2D eigenvalue weighted by molar-refractivity contribution is 7.99. The Hall–Kier alpha value is -1.79. The number of thiophene rings is 1. The third kappa shape index (κ3) is 4.48. The molecule has 1 heterocycles. The molecule has 1 aromatic carbocycles. The van der Waals surface area contributed by atoms with Gasteiger partial charge in [0.15, 0.2) is 0 Å². The van der Waals surface area contributed by atoms with Gasteiger partial charge in [0.25, 0.3) is 5.91 Å². The summed E-state index contributed by atoms with van der Waals surface area (Å²) in [5, 5.41) is 3.55. The number of primary amides is 1. The first-order valence-electron chi connectivity index (χ1n) is 8.87. The van der Waals surface area contributed by atoms with E-state index < -0.39 is 5.91 Å². The minimum Gasteiger partial charge on any atom is -0.365 e. The Morgan fingerprint density at radius 3 is 2.73 bits per heavy atom. The van der Waals surface area contributed by atoms with Crippen LogP contribution < -0.4 is 11.1 Å². The van der Waals surface area contributed by atoms with Crippen molar-refractivity contribution >= 4 is 39.9 Å². The Morgan fingerprint density at radius 2 is 2.04 bits per heavy atom. The summed E-state index contributed by atoms with van der Waals surface area (Å²) in [6.45, 7) is 4.27. The minimum absolute atomic E-state index is 0.0706. The van der Waals surface area contributed by atoms with Crippen molar-refractivity contribution in [3.05, 3.63) is 45.8 Å². The number of carbonyl (C=O) groups is 2. The fourth-order valence-corrected chi connectivity index (χ4v) is 5.47. The van der Waals surface area contributed by atoms with E-state index in [1.165, 1.54) is 21.8 Å². The number of fused-ring (bicyclic) bond motifs is 1. The van der Waals surface area contributed by atoms with Crippen molar-refractivity contribution in [2.45, 2.75) is 44.4 Å². The molecule has 1 aliphatic carbocycles. The lowest BCUT2D eigenvalue weighted by molar-refractivity contribution is -0.115. The second-order valence-corrected chi connectivity index (χ2v) is 9.15. The predicted octanol–water partition coefficient (Wildman–Crippen LogP) is 4.40. The first-order valence-corrected chi connectivity index (χ1v) is 10.7. The van der Waals surface area contributed by atoms with Gasteiger partial charge in [0.05, 0.1) is 5.56 Å². The van der Waals surface area contributed by atoms with Gasteiger partial charge in [0.1, 0.15) is 5.00 Å². The number of aryl methyl sites for hydroxylation is 1. The highest BCUT2D eigenvalue weighted by Crippen LogP contribution is 2.39. The zero-order valence-electron chi connectivity index (χ0n) is 15.1. The number of carbonyl (C=O) groups excluding carboxylic acids is 2. The van der Waals surface area contributed by atoms with E-state index in [1.807, 2.05) is 0 Å². The Bertz CT molecular complexity index is 812. The summed E-state index contributed by atoms with van der Waals surface area (Å²) in [5.74, 6) is 0.791. The van der Waals surface area contributed by atoms with Crippen molar-refractivity contribution in [2.24, 2.45) is 11.7 Å². The maximum absolute atomic E-state index is 12.3. The highest BCUT2D eigenvalue weighted by Gasteiger charge is 2.27. The number of nitrogens with one attached hydrogen (secondary N) is 1. The third-order valence-corrected chi connectivity index (χ3v) is 6.81. The SMILES string of the molecule is Cc1ccc(SCCC(=O)Nc2sc3c(c2C(N)=O)CC[C@H](C)C3)cc1. The molecule has 1 aromatic heterocycles. The summed E-state index contributed by atoms with van der Waals surface area (Å²) in [5.41, 5.74) is 8.39. The molecule has 0 radical (unpaired) electrons. The third-order valence-electron chi connectivity index (χ3n) is 4.63. The second-order valence-electron chi connectivity index (χ2n) is 6.88.